The number of amides is 2. The summed E-state index contributed by atoms with van der Waals surface area (Å²) in [5.41, 5.74) is 4.12. The van der Waals surface area contributed by atoms with Crippen LogP contribution in [0.5, 0.6) is 0 Å². The van der Waals surface area contributed by atoms with Gasteiger partial charge in [-0.1, -0.05) is 48.0 Å². The van der Waals surface area contributed by atoms with Crippen LogP contribution in [0.1, 0.15) is 50.7 Å². The fourth-order valence-corrected chi connectivity index (χ4v) is 4.46. The molecule has 0 saturated heterocycles. The zero-order valence-electron chi connectivity index (χ0n) is 18.1. The number of anilines is 2. The predicted molar refractivity (Wildman–Crippen MR) is 130 cm³/mol. The largest absolute Gasteiger partial charge is 0.322 e. The minimum absolute atomic E-state index is 0.143. The van der Waals surface area contributed by atoms with Gasteiger partial charge in [0.15, 0.2) is 0 Å². The maximum atomic E-state index is 13.5. The monoisotopic (exact) mass is 447 g/mol. The molecule has 6 heteroatoms. The van der Waals surface area contributed by atoms with Gasteiger partial charge in [0.2, 0.25) is 0 Å². The highest BCUT2D eigenvalue weighted by molar-refractivity contribution is 6.26. The van der Waals surface area contributed by atoms with E-state index in [0.717, 1.165) is 23.2 Å². The Morgan fingerprint density at radius 3 is 2.34 bits per heavy atom. The van der Waals surface area contributed by atoms with Crippen molar-refractivity contribution >= 4 is 34.8 Å². The molecule has 32 heavy (non-hydrogen) atoms. The van der Waals surface area contributed by atoms with Crippen molar-refractivity contribution in [2.24, 2.45) is 0 Å². The number of carbonyl (C=O) groups excluding carboxylic acids is 2. The van der Waals surface area contributed by atoms with Crippen molar-refractivity contribution < 1.29 is 9.59 Å². The Hall–Kier alpha value is -3.15. The first-order valence-electron chi connectivity index (χ1n) is 10.7. The highest BCUT2D eigenvalue weighted by Crippen LogP contribution is 2.37. The highest BCUT2D eigenvalue weighted by Gasteiger charge is 2.32. The summed E-state index contributed by atoms with van der Waals surface area (Å²) in [5.74, 6) is -0.339. The Kier molecular flexibility index (Phi) is 6.58. The predicted octanol–water partition coefficient (Wildman–Crippen LogP) is 5.51. The van der Waals surface area contributed by atoms with Gasteiger partial charge in [0.05, 0.1) is 5.69 Å². The lowest BCUT2D eigenvalue weighted by Crippen LogP contribution is -2.37. The molecule has 4 rings (SSSR count). The van der Waals surface area contributed by atoms with Crippen LogP contribution in [0.3, 0.4) is 0 Å². The quantitative estimate of drug-likeness (QED) is 0.409. The third-order valence-corrected chi connectivity index (χ3v) is 6.31. The van der Waals surface area contributed by atoms with E-state index in [4.69, 9.17) is 11.6 Å². The Morgan fingerprint density at radius 1 is 0.938 bits per heavy atom. The first-order chi connectivity index (χ1) is 15.5. The fraction of sp³-hybridized carbons (Fsp3) is 0.231. The van der Waals surface area contributed by atoms with Crippen LogP contribution in [0, 0.1) is 6.92 Å². The second-order valence-corrected chi connectivity index (χ2v) is 8.44. The number of nitrogens with one attached hydrogen (secondary N) is 2. The number of hydrogen-bond acceptors (Lipinski definition) is 3. The smallest absolute Gasteiger partial charge is 0.259 e. The molecule has 2 atom stereocenters. The zero-order valence-corrected chi connectivity index (χ0v) is 18.9. The van der Waals surface area contributed by atoms with E-state index in [-0.39, 0.29) is 17.9 Å². The Labute approximate surface area is 193 Å². The van der Waals surface area contributed by atoms with Crippen LogP contribution < -0.4 is 15.5 Å². The molecule has 1 heterocycles. The van der Waals surface area contributed by atoms with E-state index >= 15 is 0 Å². The molecule has 0 saturated carbocycles. The minimum Gasteiger partial charge on any atom is -0.322 e. The number of aryl methyl sites for hydroxylation is 1. The lowest BCUT2D eigenvalue weighted by atomic mass is 10.0. The number of fused-ring (bicyclic) bond motifs is 1. The number of rotatable bonds is 4. The summed E-state index contributed by atoms with van der Waals surface area (Å²) in [6, 6.07) is 22.4. The molecule has 0 bridgehead atoms. The Bertz CT molecular complexity index is 1130. The third-order valence-electron chi connectivity index (χ3n) is 5.89. The molecule has 0 aromatic heterocycles. The van der Waals surface area contributed by atoms with Crippen LogP contribution in [0.2, 0.25) is 0 Å². The van der Waals surface area contributed by atoms with Gasteiger partial charge in [0.25, 0.3) is 11.8 Å². The first kappa shape index (κ1) is 22.1. The molecule has 2 unspecified atom stereocenters. The summed E-state index contributed by atoms with van der Waals surface area (Å²) in [5, 5.41) is 6.22. The summed E-state index contributed by atoms with van der Waals surface area (Å²) >= 11 is 6.68. The molecular formula is C26H26ClN3O2. The van der Waals surface area contributed by atoms with Gasteiger partial charge in [-0.05, 0) is 74.3 Å². The van der Waals surface area contributed by atoms with Crippen molar-refractivity contribution in [3.63, 3.8) is 0 Å². The average molecular weight is 448 g/mol. The fourth-order valence-electron chi connectivity index (χ4n) is 4.14. The molecule has 0 aliphatic carbocycles. The summed E-state index contributed by atoms with van der Waals surface area (Å²) in [4.78, 5) is 27.7. The summed E-state index contributed by atoms with van der Waals surface area (Å²) in [6.45, 7) is 1.90. The van der Waals surface area contributed by atoms with E-state index < -0.39 is 5.50 Å². The van der Waals surface area contributed by atoms with E-state index in [1.165, 1.54) is 0 Å². The van der Waals surface area contributed by atoms with E-state index in [1.54, 1.807) is 35.2 Å². The lowest BCUT2D eigenvalue weighted by molar-refractivity contribution is 0.0982. The van der Waals surface area contributed by atoms with Gasteiger partial charge in [0, 0.05) is 22.9 Å². The number of nitrogens with zero attached hydrogens (tertiary/aromatic N) is 1. The summed E-state index contributed by atoms with van der Waals surface area (Å²) in [7, 11) is 1.92. The van der Waals surface area contributed by atoms with Crippen molar-refractivity contribution in [2.75, 3.05) is 17.3 Å². The molecule has 2 N–H and O–H groups in total. The topological polar surface area (TPSA) is 61.4 Å². The molecule has 1 aliphatic rings. The number of para-hydroxylation sites is 1. The second kappa shape index (κ2) is 9.55. The van der Waals surface area contributed by atoms with Crippen molar-refractivity contribution in [3.8, 4) is 0 Å². The van der Waals surface area contributed by atoms with Crippen molar-refractivity contribution in [1.82, 2.24) is 5.32 Å². The summed E-state index contributed by atoms with van der Waals surface area (Å²) < 4.78 is 0. The minimum atomic E-state index is -0.442. The number of hydrogen-bond donors (Lipinski definition) is 2. The van der Waals surface area contributed by atoms with Crippen LogP contribution in [-0.2, 0) is 0 Å². The van der Waals surface area contributed by atoms with Crippen molar-refractivity contribution in [2.45, 2.75) is 31.3 Å². The zero-order chi connectivity index (χ0) is 22.7. The van der Waals surface area contributed by atoms with Gasteiger partial charge >= 0.3 is 0 Å². The van der Waals surface area contributed by atoms with Gasteiger partial charge in [-0.25, -0.2) is 0 Å². The average Bonchev–Trinajstić information content (AvgIpc) is 2.95. The van der Waals surface area contributed by atoms with Gasteiger partial charge in [-0.3, -0.25) is 14.5 Å². The van der Waals surface area contributed by atoms with E-state index in [0.29, 0.717) is 23.2 Å². The van der Waals surface area contributed by atoms with Crippen LogP contribution in [0.15, 0.2) is 72.8 Å². The molecule has 3 aromatic carbocycles. The van der Waals surface area contributed by atoms with Crippen LogP contribution in [-0.4, -0.2) is 24.4 Å². The van der Waals surface area contributed by atoms with E-state index in [9.17, 15) is 9.59 Å². The molecule has 0 fully saturated rings. The highest BCUT2D eigenvalue weighted by atomic mass is 35.5. The molecule has 1 aliphatic heterocycles. The molecule has 3 aromatic rings. The second-order valence-electron chi connectivity index (χ2n) is 7.93. The maximum Gasteiger partial charge on any atom is 0.259 e. The Balaban J connectivity index is 1.57. The van der Waals surface area contributed by atoms with Gasteiger partial charge in [0.1, 0.15) is 5.50 Å². The van der Waals surface area contributed by atoms with Crippen LogP contribution >= 0.6 is 11.6 Å². The third kappa shape index (κ3) is 4.40. The van der Waals surface area contributed by atoms with Gasteiger partial charge < -0.3 is 10.6 Å². The molecular weight excluding hydrogens is 422 g/mol. The van der Waals surface area contributed by atoms with Crippen molar-refractivity contribution in [1.29, 1.82) is 0 Å². The number of halogens is 1. The lowest BCUT2D eigenvalue weighted by Gasteiger charge is -2.27. The standard InChI is InChI=1S/C26H26ClN3O2/c1-17-7-3-4-8-20(17)25(31)29-19-13-11-18(12-14-19)26(32)30-23-10-6-5-9-21(23)22(28-2)15-16-24(30)27/h3-14,22,24,28H,15-16H2,1-2H3,(H,29,31). The Morgan fingerprint density at radius 2 is 1.62 bits per heavy atom. The molecule has 0 spiro atoms. The first-order valence-corrected chi connectivity index (χ1v) is 11.1. The molecule has 164 valence electrons. The molecule has 2 amide bonds. The van der Waals surface area contributed by atoms with E-state index in [2.05, 4.69) is 10.6 Å². The number of benzene rings is 3. The van der Waals surface area contributed by atoms with Gasteiger partial charge in [-0.15, -0.1) is 0 Å². The maximum absolute atomic E-state index is 13.5. The van der Waals surface area contributed by atoms with Gasteiger partial charge in [-0.2, -0.15) is 0 Å². The molecule has 0 radical (unpaired) electrons. The van der Waals surface area contributed by atoms with Crippen LogP contribution in [0.25, 0.3) is 0 Å². The van der Waals surface area contributed by atoms with Crippen LogP contribution in [0.4, 0.5) is 11.4 Å². The normalized spacial score (nSPS) is 17.9. The molecule has 5 nitrogen and oxygen atoms in total. The number of alkyl halides is 1. The van der Waals surface area contributed by atoms with E-state index in [1.807, 2.05) is 56.4 Å². The number of carbonyl (C=O) groups is 2. The van der Waals surface area contributed by atoms with Crippen molar-refractivity contribution in [3.05, 3.63) is 95.1 Å². The summed E-state index contributed by atoms with van der Waals surface area (Å²) in [6.07, 6.45) is 1.52. The SMILES string of the molecule is CNC1CCC(Cl)N(C(=O)c2ccc(NC(=O)c3ccccc3C)cc2)c2ccccc21.